The molecule has 2 aromatic heterocycles. The molecule has 20 heavy (non-hydrogen) atoms. The number of nitro benzene ring substituents is 1. The van der Waals surface area contributed by atoms with Gasteiger partial charge in [-0.15, -0.1) is 0 Å². The number of non-ortho nitro benzene ring substituents is 1. The van der Waals surface area contributed by atoms with Gasteiger partial charge < -0.3 is 4.98 Å². The van der Waals surface area contributed by atoms with E-state index >= 15 is 0 Å². The van der Waals surface area contributed by atoms with Gasteiger partial charge in [-0.2, -0.15) is 0 Å². The summed E-state index contributed by atoms with van der Waals surface area (Å²) in [4.78, 5) is 29.6. The van der Waals surface area contributed by atoms with Crippen molar-refractivity contribution in [3.05, 3.63) is 57.0 Å². The van der Waals surface area contributed by atoms with E-state index in [-0.39, 0.29) is 16.8 Å². The zero-order chi connectivity index (χ0) is 14.3. The van der Waals surface area contributed by atoms with Gasteiger partial charge in [0.1, 0.15) is 5.82 Å². The van der Waals surface area contributed by atoms with Crippen molar-refractivity contribution in [3.63, 3.8) is 0 Å². The van der Waals surface area contributed by atoms with Crippen LogP contribution >= 0.6 is 22.9 Å². The van der Waals surface area contributed by atoms with Crippen LogP contribution in [0.1, 0.15) is 0 Å². The number of nitro groups is 1. The number of benzene rings is 1. The van der Waals surface area contributed by atoms with Crippen LogP contribution in [0, 0.1) is 10.1 Å². The number of nitrogens with one attached hydrogen (secondary N) is 1. The second kappa shape index (κ2) is 4.71. The maximum Gasteiger partial charge on any atom is 0.297 e. The summed E-state index contributed by atoms with van der Waals surface area (Å²) in [5.41, 5.74) is 0.825. The van der Waals surface area contributed by atoms with Crippen molar-refractivity contribution < 1.29 is 4.92 Å². The molecular weight excluding hydrogens is 375 g/mol. The quantitative estimate of drug-likeness (QED) is 0.419. The fourth-order valence-corrected chi connectivity index (χ4v) is 2.39. The Morgan fingerprint density at radius 1 is 1.30 bits per heavy atom. The minimum Gasteiger partial charge on any atom is -0.338 e. The Bertz CT molecular complexity index is 884. The van der Waals surface area contributed by atoms with Crippen LogP contribution in [0.5, 0.6) is 0 Å². The van der Waals surface area contributed by atoms with Crippen LogP contribution in [0.25, 0.3) is 22.4 Å². The zero-order valence-corrected chi connectivity index (χ0v) is 12.1. The smallest absolute Gasteiger partial charge is 0.297 e. The highest BCUT2D eigenvalue weighted by Crippen LogP contribution is 2.25. The highest BCUT2D eigenvalue weighted by molar-refractivity contribution is 14.1. The molecule has 0 aliphatic carbocycles. The van der Waals surface area contributed by atoms with Gasteiger partial charge in [-0.1, -0.05) is 6.07 Å². The number of pyridine rings is 1. The largest absolute Gasteiger partial charge is 0.338 e. The molecule has 0 saturated heterocycles. The molecule has 100 valence electrons. The number of fused-ring (bicyclic) bond motifs is 1. The number of nitrogens with zero attached hydrogens (tertiary/aromatic N) is 3. The number of hydrogen-bond acceptors (Lipinski definition) is 4. The molecule has 8 heteroatoms. The van der Waals surface area contributed by atoms with Crippen LogP contribution in [-0.4, -0.2) is 17.7 Å². The van der Waals surface area contributed by atoms with E-state index in [0.29, 0.717) is 16.9 Å². The number of rotatable bonds is 2. The molecule has 0 unspecified atom stereocenters. The van der Waals surface area contributed by atoms with Gasteiger partial charge in [0.05, 0.1) is 38.9 Å². The fourth-order valence-electron chi connectivity index (χ4n) is 1.94. The highest BCUT2D eigenvalue weighted by atomic mass is 127. The first kappa shape index (κ1) is 12.8. The lowest BCUT2D eigenvalue weighted by Gasteiger charge is -1.97. The van der Waals surface area contributed by atoms with E-state index < -0.39 is 4.92 Å². The molecule has 7 nitrogen and oxygen atoms in total. The van der Waals surface area contributed by atoms with Crippen LogP contribution in [0.4, 0.5) is 5.69 Å². The molecule has 0 aliphatic rings. The topological polar surface area (TPSA) is 93.8 Å². The third-order valence-electron chi connectivity index (χ3n) is 2.85. The summed E-state index contributed by atoms with van der Waals surface area (Å²) < 4.78 is 1.40. The predicted molar refractivity (Wildman–Crippen MR) is 81.9 cm³/mol. The molecule has 1 aromatic carbocycles. The number of aromatic amines is 1. The summed E-state index contributed by atoms with van der Waals surface area (Å²) in [7, 11) is 0. The average molecular weight is 382 g/mol. The van der Waals surface area contributed by atoms with Gasteiger partial charge in [-0.25, -0.2) is 4.98 Å². The molecule has 0 bridgehead atoms. The van der Waals surface area contributed by atoms with E-state index in [1.165, 1.54) is 8.85 Å². The number of para-hydroxylation sites is 1. The number of imidazole rings is 1. The second-order valence-electron chi connectivity index (χ2n) is 4.05. The lowest BCUT2D eigenvalue weighted by Crippen LogP contribution is -2.13. The van der Waals surface area contributed by atoms with E-state index in [2.05, 4.69) is 9.97 Å². The predicted octanol–water partition coefficient (Wildman–Crippen LogP) is 2.50. The minimum atomic E-state index is -0.492. The Kier molecular flexibility index (Phi) is 3.01. The van der Waals surface area contributed by atoms with Gasteiger partial charge in [0, 0.05) is 12.3 Å². The van der Waals surface area contributed by atoms with Gasteiger partial charge >= 0.3 is 0 Å². The van der Waals surface area contributed by atoms with Crippen molar-refractivity contribution in [2.45, 2.75) is 0 Å². The minimum absolute atomic E-state index is 0.0873. The standard InChI is InChI=1S/C12H7IN4O3/c13-16-6-2-3-7(12(16)18)11-14-8-4-1-5-9(17(19)20)10(8)15-11/h1-6H,(H,14,15). The molecule has 0 saturated carbocycles. The third-order valence-corrected chi connectivity index (χ3v) is 3.61. The maximum atomic E-state index is 12.0. The van der Waals surface area contributed by atoms with Crippen molar-refractivity contribution in [1.29, 1.82) is 0 Å². The molecule has 0 amide bonds. The van der Waals surface area contributed by atoms with Crippen LogP contribution < -0.4 is 5.56 Å². The number of aromatic nitrogens is 3. The maximum absolute atomic E-state index is 12.0. The Morgan fingerprint density at radius 2 is 2.10 bits per heavy atom. The van der Waals surface area contributed by atoms with Gasteiger partial charge in [0.15, 0.2) is 5.52 Å². The fraction of sp³-hybridized carbons (Fsp3) is 0. The van der Waals surface area contributed by atoms with Gasteiger partial charge in [-0.3, -0.25) is 17.7 Å². The molecule has 3 rings (SSSR count). The van der Waals surface area contributed by atoms with E-state index in [1.54, 1.807) is 30.5 Å². The average Bonchev–Trinajstić information content (AvgIpc) is 2.84. The second-order valence-corrected chi connectivity index (χ2v) is 5.09. The van der Waals surface area contributed by atoms with Gasteiger partial charge in [0.25, 0.3) is 11.2 Å². The van der Waals surface area contributed by atoms with Crippen molar-refractivity contribution >= 4 is 39.6 Å². The van der Waals surface area contributed by atoms with Crippen molar-refractivity contribution in [3.8, 4) is 11.4 Å². The molecule has 0 aliphatic heterocycles. The van der Waals surface area contributed by atoms with Crippen molar-refractivity contribution in [2.24, 2.45) is 0 Å². The molecule has 3 aromatic rings. The van der Waals surface area contributed by atoms with Gasteiger partial charge in [-0.05, 0) is 18.2 Å². The monoisotopic (exact) mass is 382 g/mol. The van der Waals surface area contributed by atoms with E-state index in [9.17, 15) is 14.9 Å². The highest BCUT2D eigenvalue weighted by Gasteiger charge is 2.17. The summed E-state index contributed by atoms with van der Waals surface area (Å²) in [6.07, 6.45) is 1.62. The number of halogens is 1. The Labute approximate surface area is 125 Å². The molecule has 2 heterocycles. The van der Waals surface area contributed by atoms with E-state index in [4.69, 9.17) is 0 Å². The summed E-state index contributed by atoms with van der Waals surface area (Å²) >= 11 is 1.87. The summed E-state index contributed by atoms with van der Waals surface area (Å²) in [5, 5.41) is 11.0. The van der Waals surface area contributed by atoms with Crippen LogP contribution in [-0.2, 0) is 0 Å². The molecule has 1 N–H and O–H groups in total. The van der Waals surface area contributed by atoms with Crippen LogP contribution in [0.2, 0.25) is 0 Å². The molecule has 0 atom stereocenters. The Morgan fingerprint density at radius 3 is 2.85 bits per heavy atom. The first-order chi connectivity index (χ1) is 9.58. The van der Waals surface area contributed by atoms with Crippen molar-refractivity contribution in [1.82, 2.24) is 12.7 Å². The lowest BCUT2D eigenvalue weighted by molar-refractivity contribution is -0.383. The van der Waals surface area contributed by atoms with Crippen LogP contribution in [0.15, 0.2) is 41.3 Å². The third kappa shape index (κ3) is 1.97. The Balaban J connectivity index is 2.29. The SMILES string of the molecule is O=c1c(-c2nc3c([N+](=O)[O-])cccc3[nH]2)cccn1I. The zero-order valence-electron chi connectivity index (χ0n) is 9.91. The summed E-state index contributed by atoms with van der Waals surface area (Å²) in [5.74, 6) is 0.324. The Hall–Kier alpha value is -2.23. The number of H-pyrrole nitrogens is 1. The lowest BCUT2D eigenvalue weighted by atomic mass is 10.3. The van der Waals surface area contributed by atoms with E-state index in [1.807, 2.05) is 22.9 Å². The van der Waals surface area contributed by atoms with E-state index in [0.717, 1.165) is 0 Å². The first-order valence-electron chi connectivity index (χ1n) is 5.59. The molecule has 0 fully saturated rings. The van der Waals surface area contributed by atoms with Crippen molar-refractivity contribution in [2.75, 3.05) is 0 Å². The normalized spacial score (nSPS) is 10.8. The summed E-state index contributed by atoms with van der Waals surface area (Å²) in [6.45, 7) is 0. The summed E-state index contributed by atoms with van der Waals surface area (Å²) in [6, 6.07) is 7.98. The first-order valence-corrected chi connectivity index (χ1v) is 6.56. The molecular formula is C12H7IN4O3. The van der Waals surface area contributed by atoms with Crippen LogP contribution in [0.3, 0.4) is 0 Å². The molecule has 0 radical (unpaired) electrons. The number of hydrogen-bond donors (Lipinski definition) is 1. The molecule has 0 spiro atoms. The van der Waals surface area contributed by atoms with Gasteiger partial charge in [0.2, 0.25) is 0 Å².